The zero-order valence-corrected chi connectivity index (χ0v) is 19.4. The molecule has 0 unspecified atom stereocenters. The van der Waals surface area contributed by atoms with E-state index in [0.29, 0.717) is 47.7 Å². The van der Waals surface area contributed by atoms with Gasteiger partial charge in [-0.1, -0.05) is 43.7 Å². The Labute approximate surface area is 188 Å². The average molecular weight is 451 g/mol. The van der Waals surface area contributed by atoms with E-state index in [9.17, 15) is 9.90 Å². The first-order valence-corrected chi connectivity index (χ1v) is 11.6. The van der Waals surface area contributed by atoms with Crippen molar-refractivity contribution in [3.63, 3.8) is 0 Å². The molecule has 0 saturated carbocycles. The first kappa shape index (κ1) is 24.3. The van der Waals surface area contributed by atoms with Crippen LogP contribution in [0.2, 0.25) is 5.02 Å². The fourth-order valence-corrected chi connectivity index (χ4v) is 4.33. The van der Waals surface area contributed by atoms with Crippen molar-refractivity contribution in [2.45, 2.75) is 32.7 Å². The largest absolute Gasteiger partial charge is 0.396 e. The lowest BCUT2D eigenvalue weighted by Crippen LogP contribution is -2.47. The van der Waals surface area contributed by atoms with Crippen molar-refractivity contribution in [2.75, 3.05) is 31.8 Å². The molecule has 1 N–H and O–H groups in total. The molecule has 0 atom stereocenters. The Hall–Kier alpha value is -1.96. The van der Waals surface area contributed by atoms with E-state index in [0.717, 1.165) is 24.2 Å². The maximum Gasteiger partial charge on any atom is 0.279 e. The SMILES string of the molecule is C=NC1=C(N(CSCCCC)Cc2ccc(Cl)cc2)C(=O)N(CCCO)C(=C)N1C. The van der Waals surface area contributed by atoms with Crippen LogP contribution in [0.25, 0.3) is 0 Å². The van der Waals surface area contributed by atoms with E-state index >= 15 is 0 Å². The number of aliphatic hydroxyl groups is 1. The summed E-state index contributed by atoms with van der Waals surface area (Å²) in [5, 5.41) is 9.92. The summed E-state index contributed by atoms with van der Waals surface area (Å²) in [7, 11) is 1.83. The van der Waals surface area contributed by atoms with Crippen LogP contribution in [0.4, 0.5) is 0 Å². The Kier molecular flexibility index (Phi) is 9.75. The quantitative estimate of drug-likeness (QED) is 0.295. The van der Waals surface area contributed by atoms with Crippen molar-refractivity contribution in [3.8, 4) is 0 Å². The molecule has 1 heterocycles. The minimum atomic E-state index is -0.168. The number of unbranched alkanes of at least 4 members (excludes halogenated alkanes) is 1. The molecule has 164 valence electrons. The number of carbonyl (C=O) groups excluding carboxylic acids is 1. The van der Waals surface area contributed by atoms with Gasteiger partial charge < -0.3 is 14.9 Å². The summed E-state index contributed by atoms with van der Waals surface area (Å²) < 4.78 is 0. The first-order chi connectivity index (χ1) is 14.4. The molecule has 1 aromatic rings. The third kappa shape index (κ3) is 6.03. The highest BCUT2D eigenvalue weighted by molar-refractivity contribution is 7.99. The van der Waals surface area contributed by atoms with Crippen LogP contribution in [0.15, 0.2) is 53.2 Å². The predicted octanol–water partition coefficient (Wildman–Crippen LogP) is 4.13. The van der Waals surface area contributed by atoms with Gasteiger partial charge in [0.25, 0.3) is 5.91 Å². The summed E-state index contributed by atoms with van der Waals surface area (Å²) in [6.07, 6.45) is 2.73. The van der Waals surface area contributed by atoms with E-state index in [4.69, 9.17) is 11.6 Å². The van der Waals surface area contributed by atoms with Crippen LogP contribution in [-0.2, 0) is 11.3 Å². The molecule has 0 radical (unpaired) electrons. The summed E-state index contributed by atoms with van der Waals surface area (Å²) in [5.41, 5.74) is 1.55. The number of halogens is 1. The van der Waals surface area contributed by atoms with Gasteiger partial charge in [-0.15, -0.1) is 11.8 Å². The molecule has 1 aliphatic rings. The van der Waals surface area contributed by atoms with Crippen LogP contribution in [0.3, 0.4) is 0 Å². The number of benzene rings is 1. The van der Waals surface area contributed by atoms with E-state index in [1.54, 1.807) is 21.6 Å². The number of carbonyl (C=O) groups is 1. The molecule has 0 bridgehead atoms. The highest BCUT2D eigenvalue weighted by Gasteiger charge is 2.36. The molecule has 0 spiro atoms. The van der Waals surface area contributed by atoms with Crippen molar-refractivity contribution in [1.82, 2.24) is 14.7 Å². The van der Waals surface area contributed by atoms with Gasteiger partial charge in [-0.25, -0.2) is 4.99 Å². The van der Waals surface area contributed by atoms with Gasteiger partial charge in [0, 0.05) is 31.8 Å². The van der Waals surface area contributed by atoms with Crippen molar-refractivity contribution < 1.29 is 9.90 Å². The second-order valence-corrected chi connectivity index (χ2v) is 8.57. The fourth-order valence-electron chi connectivity index (χ4n) is 3.14. The number of aliphatic imine (C=N–C) groups is 1. The van der Waals surface area contributed by atoms with Crippen LogP contribution in [-0.4, -0.2) is 64.3 Å². The highest BCUT2D eigenvalue weighted by Crippen LogP contribution is 2.31. The molecule has 0 aromatic heterocycles. The third-order valence-electron chi connectivity index (χ3n) is 4.86. The van der Waals surface area contributed by atoms with Crippen LogP contribution in [0.1, 0.15) is 31.7 Å². The van der Waals surface area contributed by atoms with Gasteiger partial charge in [0.15, 0.2) is 5.82 Å². The Bertz CT molecular complexity index is 782. The number of amides is 1. The normalized spacial score (nSPS) is 14.5. The van der Waals surface area contributed by atoms with Gasteiger partial charge in [0.1, 0.15) is 11.5 Å². The minimum Gasteiger partial charge on any atom is -0.396 e. The lowest BCUT2D eigenvalue weighted by molar-refractivity contribution is -0.129. The summed E-state index contributed by atoms with van der Waals surface area (Å²) >= 11 is 7.83. The number of thioether (sulfide) groups is 1. The van der Waals surface area contributed by atoms with Crippen molar-refractivity contribution in [2.24, 2.45) is 4.99 Å². The molecule has 6 nitrogen and oxygen atoms in total. The molecule has 0 aliphatic carbocycles. The van der Waals surface area contributed by atoms with Crippen LogP contribution in [0.5, 0.6) is 0 Å². The van der Waals surface area contributed by atoms with Gasteiger partial charge in [-0.2, -0.15) is 0 Å². The summed E-state index contributed by atoms with van der Waals surface area (Å²) in [5.74, 6) is 2.53. The van der Waals surface area contributed by atoms with E-state index in [1.807, 2.05) is 36.2 Å². The van der Waals surface area contributed by atoms with Gasteiger partial charge in [-0.05, 0) is 43.0 Å². The van der Waals surface area contributed by atoms with Crippen molar-refractivity contribution in [1.29, 1.82) is 0 Å². The molecule has 1 aliphatic heterocycles. The lowest BCUT2D eigenvalue weighted by Gasteiger charge is -2.40. The molecular formula is C22H31ClN4O2S. The monoisotopic (exact) mass is 450 g/mol. The van der Waals surface area contributed by atoms with Gasteiger partial charge >= 0.3 is 0 Å². The Morgan fingerprint density at radius 3 is 2.57 bits per heavy atom. The maximum atomic E-state index is 13.5. The van der Waals surface area contributed by atoms with Gasteiger partial charge in [0.05, 0.1) is 5.88 Å². The van der Waals surface area contributed by atoms with Gasteiger partial charge in [0.2, 0.25) is 0 Å². The summed E-state index contributed by atoms with van der Waals surface area (Å²) in [6.45, 7) is 10.9. The first-order valence-electron chi connectivity index (χ1n) is 10.1. The molecule has 2 rings (SSSR count). The molecule has 0 saturated heterocycles. The number of hydrogen-bond donors (Lipinski definition) is 1. The lowest BCUT2D eigenvalue weighted by atomic mass is 10.1. The zero-order valence-electron chi connectivity index (χ0n) is 17.8. The predicted molar refractivity (Wildman–Crippen MR) is 126 cm³/mol. The summed E-state index contributed by atoms with van der Waals surface area (Å²) in [4.78, 5) is 23.1. The number of nitrogens with zero attached hydrogens (tertiary/aromatic N) is 4. The third-order valence-corrected chi connectivity index (χ3v) is 6.18. The van der Waals surface area contributed by atoms with Crippen LogP contribution in [0, 0.1) is 0 Å². The Morgan fingerprint density at radius 1 is 1.27 bits per heavy atom. The zero-order chi connectivity index (χ0) is 22.1. The summed E-state index contributed by atoms with van der Waals surface area (Å²) in [6, 6.07) is 7.63. The van der Waals surface area contributed by atoms with Crippen LogP contribution >= 0.6 is 23.4 Å². The van der Waals surface area contributed by atoms with Gasteiger partial charge in [-0.3, -0.25) is 9.69 Å². The van der Waals surface area contributed by atoms with E-state index in [1.165, 1.54) is 0 Å². The number of hydrogen-bond acceptors (Lipinski definition) is 6. The fraction of sp³-hybridized carbons (Fsp3) is 0.455. The Balaban J connectivity index is 2.40. The van der Waals surface area contributed by atoms with E-state index in [-0.39, 0.29) is 12.5 Å². The van der Waals surface area contributed by atoms with Crippen molar-refractivity contribution >= 4 is 36.0 Å². The molecule has 30 heavy (non-hydrogen) atoms. The second kappa shape index (κ2) is 12.0. The number of aliphatic hydroxyl groups excluding tert-OH is 1. The molecule has 1 aromatic carbocycles. The maximum absolute atomic E-state index is 13.5. The number of rotatable bonds is 12. The van der Waals surface area contributed by atoms with Crippen molar-refractivity contribution in [3.05, 3.63) is 58.8 Å². The molecule has 1 amide bonds. The minimum absolute atomic E-state index is 0.00768. The average Bonchev–Trinajstić information content (AvgIpc) is 2.74. The standard InChI is InChI=1S/C22H31ClN4O2S/c1-5-6-14-30-16-26(15-18-8-10-19(23)11-9-18)20-21(24-3)25(4)17(2)27(22(20)29)12-7-13-28/h8-11,28H,2-3,5-7,12-16H2,1,4H3. The molecule has 8 heteroatoms. The molecular weight excluding hydrogens is 420 g/mol. The topological polar surface area (TPSA) is 59.4 Å². The second-order valence-electron chi connectivity index (χ2n) is 7.05. The van der Waals surface area contributed by atoms with E-state index in [2.05, 4.69) is 25.2 Å². The highest BCUT2D eigenvalue weighted by atomic mass is 35.5. The Morgan fingerprint density at radius 2 is 1.97 bits per heavy atom. The van der Waals surface area contributed by atoms with E-state index < -0.39 is 0 Å². The van der Waals surface area contributed by atoms with Crippen LogP contribution < -0.4 is 0 Å². The molecule has 0 fully saturated rings. The smallest absolute Gasteiger partial charge is 0.279 e.